The SMILES string of the molecule is CCOc1cc(CNC(=O)NC(Cc2ccccc2)c2cccs2)ccn1. The number of hydrogen-bond donors (Lipinski definition) is 2. The molecule has 1 atom stereocenters. The molecule has 6 heteroatoms. The Bertz CT molecular complexity index is 838. The summed E-state index contributed by atoms with van der Waals surface area (Å²) in [4.78, 5) is 17.7. The van der Waals surface area contributed by atoms with Gasteiger partial charge < -0.3 is 15.4 Å². The maximum atomic E-state index is 12.5. The number of nitrogens with zero attached hydrogens (tertiary/aromatic N) is 1. The van der Waals surface area contributed by atoms with E-state index in [1.165, 1.54) is 5.56 Å². The van der Waals surface area contributed by atoms with Gasteiger partial charge in [-0.1, -0.05) is 36.4 Å². The molecule has 0 bridgehead atoms. The predicted octanol–water partition coefficient (Wildman–Crippen LogP) is 4.33. The molecule has 0 aliphatic heterocycles. The van der Waals surface area contributed by atoms with Crippen LogP contribution in [0, 0.1) is 0 Å². The molecule has 2 N–H and O–H groups in total. The first kappa shape index (κ1) is 18.9. The van der Waals surface area contributed by atoms with Crippen LogP contribution in [0.5, 0.6) is 5.88 Å². The van der Waals surface area contributed by atoms with Gasteiger partial charge in [-0.3, -0.25) is 0 Å². The topological polar surface area (TPSA) is 63.2 Å². The van der Waals surface area contributed by atoms with Gasteiger partial charge in [-0.15, -0.1) is 11.3 Å². The van der Waals surface area contributed by atoms with Gasteiger partial charge in [0.25, 0.3) is 0 Å². The first-order valence-electron chi connectivity index (χ1n) is 8.94. The van der Waals surface area contributed by atoms with Crippen LogP contribution in [0.1, 0.15) is 29.0 Å². The van der Waals surface area contributed by atoms with Crippen LogP contribution in [0.2, 0.25) is 0 Å². The molecule has 0 saturated heterocycles. The summed E-state index contributed by atoms with van der Waals surface area (Å²) >= 11 is 1.65. The number of pyridine rings is 1. The van der Waals surface area contributed by atoms with Crippen molar-refractivity contribution < 1.29 is 9.53 Å². The highest BCUT2D eigenvalue weighted by atomic mass is 32.1. The summed E-state index contributed by atoms with van der Waals surface area (Å²) in [7, 11) is 0. The van der Waals surface area contributed by atoms with E-state index in [0.29, 0.717) is 19.0 Å². The fourth-order valence-electron chi connectivity index (χ4n) is 2.74. The van der Waals surface area contributed by atoms with E-state index >= 15 is 0 Å². The lowest BCUT2D eigenvalue weighted by atomic mass is 10.0. The fraction of sp³-hybridized carbons (Fsp3) is 0.238. The van der Waals surface area contributed by atoms with Gasteiger partial charge in [-0.2, -0.15) is 0 Å². The Kier molecular flexibility index (Phi) is 6.82. The fourth-order valence-corrected chi connectivity index (χ4v) is 3.52. The van der Waals surface area contributed by atoms with E-state index in [0.717, 1.165) is 16.9 Å². The second-order valence-electron chi connectivity index (χ2n) is 6.02. The molecule has 2 amide bonds. The number of benzene rings is 1. The number of hydrogen-bond acceptors (Lipinski definition) is 4. The highest BCUT2D eigenvalue weighted by Crippen LogP contribution is 2.23. The molecule has 1 unspecified atom stereocenters. The lowest BCUT2D eigenvalue weighted by Gasteiger charge is -2.18. The zero-order valence-corrected chi connectivity index (χ0v) is 16.0. The van der Waals surface area contributed by atoms with Crippen LogP contribution in [0.4, 0.5) is 4.79 Å². The van der Waals surface area contributed by atoms with E-state index < -0.39 is 0 Å². The Labute approximate surface area is 163 Å². The smallest absolute Gasteiger partial charge is 0.315 e. The van der Waals surface area contributed by atoms with Gasteiger partial charge >= 0.3 is 6.03 Å². The zero-order chi connectivity index (χ0) is 18.9. The minimum absolute atomic E-state index is 0.0659. The number of ether oxygens (including phenoxy) is 1. The van der Waals surface area contributed by atoms with Gasteiger partial charge in [-0.05, 0) is 42.0 Å². The van der Waals surface area contributed by atoms with Crippen LogP contribution < -0.4 is 15.4 Å². The molecule has 0 aliphatic rings. The quantitative estimate of drug-likeness (QED) is 0.611. The second-order valence-corrected chi connectivity index (χ2v) is 7.00. The maximum Gasteiger partial charge on any atom is 0.315 e. The van der Waals surface area contributed by atoms with E-state index in [4.69, 9.17) is 4.74 Å². The number of amides is 2. The number of carbonyl (C=O) groups excluding carboxylic acids is 1. The standard InChI is InChI=1S/C21H23N3O2S/c1-2-26-20-14-17(10-11-22-20)15-23-21(25)24-18(19-9-6-12-27-19)13-16-7-4-3-5-8-16/h3-12,14,18H,2,13,15H2,1H3,(H2,23,24,25). The van der Waals surface area contributed by atoms with Gasteiger partial charge in [0.05, 0.1) is 12.6 Å². The Hall–Kier alpha value is -2.86. The van der Waals surface area contributed by atoms with Gasteiger partial charge in [-0.25, -0.2) is 9.78 Å². The third-order valence-electron chi connectivity index (χ3n) is 4.02. The first-order valence-corrected chi connectivity index (χ1v) is 9.82. The first-order chi connectivity index (χ1) is 13.2. The van der Waals surface area contributed by atoms with Crippen molar-refractivity contribution in [3.63, 3.8) is 0 Å². The lowest BCUT2D eigenvalue weighted by molar-refractivity contribution is 0.236. The van der Waals surface area contributed by atoms with Crippen LogP contribution in [0.3, 0.4) is 0 Å². The molecule has 0 saturated carbocycles. The Morgan fingerprint density at radius 2 is 2.00 bits per heavy atom. The van der Waals surface area contributed by atoms with E-state index in [2.05, 4.69) is 33.8 Å². The number of aromatic nitrogens is 1. The molecular formula is C21H23N3O2S. The molecule has 0 fully saturated rings. The van der Waals surface area contributed by atoms with E-state index in [1.807, 2.05) is 48.7 Å². The second kappa shape index (κ2) is 9.73. The average molecular weight is 382 g/mol. The summed E-state index contributed by atoms with van der Waals surface area (Å²) < 4.78 is 5.40. The maximum absolute atomic E-state index is 12.5. The molecule has 0 spiro atoms. The zero-order valence-electron chi connectivity index (χ0n) is 15.2. The lowest BCUT2D eigenvalue weighted by Crippen LogP contribution is -2.38. The van der Waals surface area contributed by atoms with Crippen molar-refractivity contribution in [2.24, 2.45) is 0 Å². The molecular weight excluding hydrogens is 358 g/mol. The summed E-state index contributed by atoms with van der Waals surface area (Å²) in [5.41, 5.74) is 2.13. The molecule has 140 valence electrons. The summed E-state index contributed by atoms with van der Waals surface area (Å²) in [6, 6.07) is 17.7. The molecule has 3 rings (SSSR count). The summed E-state index contributed by atoms with van der Waals surface area (Å²) in [5.74, 6) is 0.567. The third kappa shape index (κ3) is 5.82. The normalized spacial score (nSPS) is 11.6. The summed E-state index contributed by atoms with van der Waals surface area (Å²) in [6.07, 6.45) is 2.43. The van der Waals surface area contributed by atoms with Gasteiger partial charge in [0, 0.05) is 23.7 Å². The number of nitrogens with one attached hydrogen (secondary N) is 2. The average Bonchev–Trinajstić information content (AvgIpc) is 3.22. The van der Waals surface area contributed by atoms with Crippen molar-refractivity contribution in [2.75, 3.05) is 6.61 Å². The monoisotopic (exact) mass is 381 g/mol. The highest BCUT2D eigenvalue weighted by Gasteiger charge is 2.16. The molecule has 2 aromatic heterocycles. The third-order valence-corrected chi connectivity index (χ3v) is 5.01. The Balaban J connectivity index is 1.60. The van der Waals surface area contributed by atoms with Crippen LogP contribution in [0.15, 0.2) is 66.2 Å². The van der Waals surface area contributed by atoms with Crippen LogP contribution in [-0.4, -0.2) is 17.6 Å². The van der Waals surface area contributed by atoms with E-state index in [9.17, 15) is 4.79 Å². The number of urea groups is 1. The number of carbonyl (C=O) groups is 1. The summed E-state index contributed by atoms with van der Waals surface area (Å²) in [6.45, 7) is 2.89. The minimum atomic E-state index is -0.195. The van der Waals surface area contributed by atoms with Crippen molar-refractivity contribution in [3.05, 3.63) is 82.2 Å². The largest absolute Gasteiger partial charge is 0.478 e. The molecule has 27 heavy (non-hydrogen) atoms. The van der Waals surface area contributed by atoms with Crippen molar-refractivity contribution in [1.29, 1.82) is 0 Å². The van der Waals surface area contributed by atoms with Crippen LogP contribution >= 0.6 is 11.3 Å². The van der Waals surface area contributed by atoms with Gasteiger partial charge in [0.15, 0.2) is 0 Å². The van der Waals surface area contributed by atoms with Gasteiger partial charge in [0.2, 0.25) is 5.88 Å². The Morgan fingerprint density at radius 3 is 2.74 bits per heavy atom. The number of rotatable bonds is 8. The molecule has 3 aromatic rings. The van der Waals surface area contributed by atoms with Crippen molar-refractivity contribution in [2.45, 2.75) is 25.9 Å². The van der Waals surface area contributed by atoms with Crippen molar-refractivity contribution in [3.8, 4) is 5.88 Å². The van der Waals surface area contributed by atoms with Crippen molar-refractivity contribution in [1.82, 2.24) is 15.6 Å². The molecule has 5 nitrogen and oxygen atoms in total. The minimum Gasteiger partial charge on any atom is -0.478 e. The summed E-state index contributed by atoms with van der Waals surface area (Å²) in [5, 5.41) is 8.04. The van der Waals surface area contributed by atoms with Gasteiger partial charge in [0.1, 0.15) is 0 Å². The molecule has 2 heterocycles. The predicted molar refractivity (Wildman–Crippen MR) is 108 cm³/mol. The van der Waals surface area contributed by atoms with E-state index in [-0.39, 0.29) is 12.1 Å². The van der Waals surface area contributed by atoms with E-state index in [1.54, 1.807) is 17.5 Å². The molecule has 1 aromatic carbocycles. The molecule has 0 aliphatic carbocycles. The Morgan fingerprint density at radius 1 is 1.15 bits per heavy atom. The number of thiophene rings is 1. The van der Waals surface area contributed by atoms with Crippen molar-refractivity contribution >= 4 is 17.4 Å². The van der Waals surface area contributed by atoms with Crippen LogP contribution in [-0.2, 0) is 13.0 Å². The highest BCUT2D eigenvalue weighted by molar-refractivity contribution is 7.10. The van der Waals surface area contributed by atoms with Crippen LogP contribution in [0.25, 0.3) is 0 Å². The molecule has 0 radical (unpaired) electrons.